The highest BCUT2D eigenvalue weighted by molar-refractivity contribution is 5.95. The quantitative estimate of drug-likeness (QED) is 0.909. The van der Waals surface area contributed by atoms with Crippen LogP contribution >= 0.6 is 0 Å². The number of fused-ring (bicyclic) bond motifs is 1. The first-order valence-electron chi connectivity index (χ1n) is 6.91. The summed E-state index contributed by atoms with van der Waals surface area (Å²) in [6.07, 6.45) is 0.581. The molecule has 0 atom stereocenters. The van der Waals surface area contributed by atoms with E-state index < -0.39 is 0 Å². The van der Waals surface area contributed by atoms with Crippen LogP contribution in [0.25, 0.3) is 10.9 Å². The van der Waals surface area contributed by atoms with Gasteiger partial charge in [-0.15, -0.1) is 0 Å². The van der Waals surface area contributed by atoms with Crippen molar-refractivity contribution in [1.82, 2.24) is 9.88 Å². The Kier molecular flexibility index (Phi) is 4.69. The first-order chi connectivity index (χ1) is 9.63. The predicted molar refractivity (Wildman–Crippen MR) is 79.6 cm³/mol. The van der Waals surface area contributed by atoms with E-state index in [9.17, 15) is 4.79 Å². The second-order valence-corrected chi connectivity index (χ2v) is 5.06. The number of hydrogen-bond donors (Lipinski definition) is 1. The van der Waals surface area contributed by atoms with Gasteiger partial charge in [0.1, 0.15) is 5.69 Å². The number of pyridine rings is 1. The molecule has 4 heteroatoms. The lowest BCUT2D eigenvalue weighted by Crippen LogP contribution is -2.38. The Hall–Kier alpha value is -1.94. The van der Waals surface area contributed by atoms with Crippen LogP contribution in [0.1, 0.15) is 30.8 Å². The van der Waals surface area contributed by atoms with Gasteiger partial charge in [-0.3, -0.25) is 4.79 Å². The van der Waals surface area contributed by atoms with Crippen LogP contribution in [0.4, 0.5) is 0 Å². The van der Waals surface area contributed by atoms with Crippen LogP contribution in [0, 0.1) is 0 Å². The molecule has 1 aromatic carbocycles. The largest absolute Gasteiger partial charge is 0.396 e. The molecule has 1 heterocycles. The van der Waals surface area contributed by atoms with Gasteiger partial charge in [0.2, 0.25) is 0 Å². The van der Waals surface area contributed by atoms with Crippen LogP contribution in [0.5, 0.6) is 0 Å². The first-order valence-corrected chi connectivity index (χ1v) is 6.91. The van der Waals surface area contributed by atoms with Crippen molar-refractivity contribution in [1.29, 1.82) is 0 Å². The third kappa shape index (κ3) is 3.14. The Bertz CT molecular complexity index is 596. The van der Waals surface area contributed by atoms with Gasteiger partial charge in [-0.05, 0) is 32.4 Å². The average molecular weight is 272 g/mol. The van der Waals surface area contributed by atoms with Crippen molar-refractivity contribution in [3.63, 3.8) is 0 Å². The molecule has 0 saturated carbocycles. The first kappa shape index (κ1) is 14.5. The zero-order chi connectivity index (χ0) is 14.5. The highest BCUT2D eigenvalue weighted by atomic mass is 16.3. The topological polar surface area (TPSA) is 53.4 Å². The minimum atomic E-state index is -0.0841. The summed E-state index contributed by atoms with van der Waals surface area (Å²) in [5.41, 5.74) is 1.28. The Morgan fingerprint density at radius 2 is 2.00 bits per heavy atom. The van der Waals surface area contributed by atoms with Gasteiger partial charge in [0.15, 0.2) is 0 Å². The van der Waals surface area contributed by atoms with Crippen LogP contribution < -0.4 is 0 Å². The van der Waals surface area contributed by atoms with Crippen molar-refractivity contribution < 1.29 is 9.90 Å². The fraction of sp³-hybridized carbons (Fsp3) is 0.375. The molecule has 4 nitrogen and oxygen atoms in total. The number of benzene rings is 1. The molecule has 2 aromatic rings. The van der Waals surface area contributed by atoms with Gasteiger partial charge in [0, 0.05) is 24.6 Å². The van der Waals surface area contributed by atoms with E-state index in [1.807, 2.05) is 44.2 Å². The predicted octanol–water partition coefficient (Wildman–Crippen LogP) is 2.47. The van der Waals surface area contributed by atoms with Crippen molar-refractivity contribution in [2.45, 2.75) is 26.3 Å². The number of rotatable bonds is 5. The lowest BCUT2D eigenvalue weighted by atomic mass is 10.2. The third-order valence-electron chi connectivity index (χ3n) is 3.26. The molecule has 0 saturated heterocycles. The fourth-order valence-corrected chi connectivity index (χ4v) is 2.17. The molecule has 1 N–H and O–H groups in total. The fourth-order valence-electron chi connectivity index (χ4n) is 2.17. The summed E-state index contributed by atoms with van der Waals surface area (Å²) in [5, 5.41) is 9.96. The molecular weight excluding hydrogens is 252 g/mol. The Balaban J connectivity index is 2.28. The third-order valence-corrected chi connectivity index (χ3v) is 3.26. The van der Waals surface area contributed by atoms with Gasteiger partial charge in [-0.25, -0.2) is 4.98 Å². The van der Waals surface area contributed by atoms with Crippen molar-refractivity contribution in [3.8, 4) is 0 Å². The van der Waals surface area contributed by atoms with Crippen molar-refractivity contribution >= 4 is 16.8 Å². The molecule has 0 fully saturated rings. The SMILES string of the molecule is CC(C)N(CCCO)C(=O)c1ccc2ccccc2n1. The number of para-hydroxylation sites is 1. The monoisotopic (exact) mass is 272 g/mol. The molecule has 0 spiro atoms. The van der Waals surface area contributed by atoms with Gasteiger partial charge in [0.05, 0.1) is 5.52 Å². The number of nitrogens with zero attached hydrogens (tertiary/aromatic N) is 2. The summed E-state index contributed by atoms with van der Waals surface area (Å²) in [4.78, 5) is 18.7. The second kappa shape index (κ2) is 6.48. The summed E-state index contributed by atoms with van der Waals surface area (Å²) in [6, 6.07) is 11.5. The maximum Gasteiger partial charge on any atom is 0.272 e. The number of aliphatic hydroxyl groups is 1. The van der Waals surface area contributed by atoms with Gasteiger partial charge < -0.3 is 10.0 Å². The molecule has 20 heavy (non-hydrogen) atoms. The highest BCUT2D eigenvalue weighted by Gasteiger charge is 2.19. The maximum absolute atomic E-state index is 12.5. The van der Waals surface area contributed by atoms with E-state index in [1.54, 1.807) is 11.0 Å². The molecular formula is C16H20N2O2. The average Bonchev–Trinajstić information content (AvgIpc) is 2.46. The molecule has 0 aliphatic rings. The normalized spacial score (nSPS) is 11.0. The van der Waals surface area contributed by atoms with Gasteiger partial charge in [0.25, 0.3) is 5.91 Å². The summed E-state index contributed by atoms with van der Waals surface area (Å²) < 4.78 is 0. The molecule has 0 radical (unpaired) electrons. The lowest BCUT2D eigenvalue weighted by molar-refractivity contribution is 0.0687. The summed E-state index contributed by atoms with van der Waals surface area (Å²) >= 11 is 0. The number of carbonyl (C=O) groups excluding carboxylic acids is 1. The maximum atomic E-state index is 12.5. The van der Waals surface area contributed by atoms with E-state index in [4.69, 9.17) is 5.11 Å². The number of hydrogen-bond acceptors (Lipinski definition) is 3. The molecule has 0 aliphatic heterocycles. The standard InChI is InChI=1S/C16H20N2O2/c1-12(2)18(10-5-11-19)16(20)15-9-8-13-6-3-4-7-14(13)17-15/h3-4,6-9,12,19H,5,10-11H2,1-2H3. The van der Waals surface area contributed by atoms with E-state index in [0.717, 1.165) is 10.9 Å². The minimum absolute atomic E-state index is 0.0841. The highest BCUT2D eigenvalue weighted by Crippen LogP contribution is 2.14. The van der Waals surface area contributed by atoms with Crippen molar-refractivity contribution in [2.24, 2.45) is 0 Å². The summed E-state index contributed by atoms with van der Waals surface area (Å²) in [5.74, 6) is -0.0841. The van der Waals surface area contributed by atoms with E-state index in [2.05, 4.69) is 4.98 Å². The Morgan fingerprint density at radius 1 is 1.25 bits per heavy atom. The summed E-state index contributed by atoms with van der Waals surface area (Å²) in [7, 11) is 0. The smallest absolute Gasteiger partial charge is 0.272 e. The van der Waals surface area contributed by atoms with E-state index in [-0.39, 0.29) is 18.6 Å². The lowest BCUT2D eigenvalue weighted by Gasteiger charge is -2.26. The summed E-state index contributed by atoms with van der Waals surface area (Å²) in [6.45, 7) is 4.57. The molecule has 2 rings (SSSR count). The number of aromatic nitrogens is 1. The van der Waals surface area contributed by atoms with Gasteiger partial charge >= 0.3 is 0 Å². The molecule has 1 aromatic heterocycles. The second-order valence-electron chi connectivity index (χ2n) is 5.06. The number of aliphatic hydroxyl groups excluding tert-OH is 1. The number of amides is 1. The zero-order valence-electron chi connectivity index (χ0n) is 11.9. The molecule has 0 aliphatic carbocycles. The Labute approximate surface area is 119 Å². The van der Waals surface area contributed by atoms with Crippen LogP contribution in [-0.4, -0.2) is 40.1 Å². The van der Waals surface area contributed by atoms with E-state index >= 15 is 0 Å². The van der Waals surface area contributed by atoms with Gasteiger partial charge in [-0.1, -0.05) is 24.3 Å². The van der Waals surface area contributed by atoms with Gasteiger partial charge in [-0.2, -0.15) is 0 Å². The number of carbonyl (C=O) groups is 1. The molecule has 0 unspecified atom stereocenters. The zero-order valence-corrected chi connectivity index (χ0v) is 11.9. The van der Waals surface area contributed by atoms with Crippen molar-refractivity contribution in [2.75, 3.05) is 13.2 Å². The van der Waals surface area contributed by atoms with E-state index in [1.165, 1.54) is 0 Å². The molecule has 106 valence electrons. The minimum Gasteiger partial charge on any atom is -0.396 e. The molecule has 1 amide bonds. The molecule has 0 bridgehead atoms. The van der Waals surface area contributed by atoms with Crippen molar-refractivity contribution in [3.05, 3.63) is 42.1 Å². The van der Waals surface area contributed by atoms with Crippen LogP contribution in [0.15, 0.2) is 36.4 Å². The van der Waals surface area contributed by atoms with E-state index in [0.29, 0.717) is 18.7 Å². The Morgan fingerprint density at radius 3 is 2.70 bits per heavy atom. The van der Waals surface area contributed by atoms with Crippen LogP contribution in [0.3, 0.4) is 0 Å². The van der Waals surface area contributed by atoms with Crippen LogP contribution in [0.2, 0.25) is 0 Å². The van der Waals surface area contributed by atoms with Crippen LogP contribution in [-0.2, 0) is 0 Å².